The van der Waals surface area contributed by atoms with Crippen LogP contribution in [0.15, 0.2) is 56.7 Å². The van der Waals surface area contributed by atoms with Gasteiger partial charge in [0.05, 0.1) is 9.38 Å². The average Bonchev–Trinajstić information content (AvgIpc) is 2.88. The first-order valence-electron chi connectivity index (χ1n) is 7.30. The summed E-state index contributed by atoms with van der Waals surface area (Å²) in [7, 11) is -3.93. The summed E-state index contributed by atoms with van der Waals surface area (Å²) < 4.78 is 30.8. The van der Waals surface area contributed by atoms with Gasteiger partial charge in [0.1, 0.15) is 9.22 Å². The lowest BCUT2D eigenvalue weighted by Gasteiger charge is -2.09. The van der Waals surface area contributed by atoms with Crippen molar-refractivity contribution in [1.82, 2.24) is 5.32 Å². The number of rotatable bonds is 4. The molecule has 5 nitrogen and oxygen atoms in total. The van der Waals surface area contributed by atoms with Crippen molar-refractivity contribution in [3.63, 3.8) is 0 Å². The van der Waals surface area contributed by atoms with E-state index in [1.807, 2.05) is 6.92 Å². The predicted molar refractivity (Wildman–Crippen MR) is 109 cm³/mol. The second-order valence-corrected chi connectivity index (χ2v) is 9.51. The Bertz CT molecular complexity index is 1030. The quantitative estimate of drug-likeness (QED) is 0.414. The minimum absolute atomic E-state index is 0.0775. The lowest BCUT2D eigenvalue weighted by Crippen LogP contribution is -2.17. The molecule has 0 spiro atoms. The Morgan fingerprint density at radius 1 is 1.19 bits per heavy atom. The SMILES string of the molecule is Cc1ccc(S(=O)(=O)Oc2ccc(C=C3SC(=S)NC3=O)cc2Br)cc1. The molecule has 2 aromatic carbocycles. The molecule has 0 atom stereocenters. The Labute approximate surface area is 169 Å². The van der Waals surface area contributed by atoms with Crippen molar-refractivity contribution in [3.8, 4) is 5.75 Å². The molecule has 1 N–H and O–H groups in total. The van der Waals surface area contributed by atoms with Gasteiger partial charge in [0.2, 0.25) is 0 Å². The first kappa shape index (κ1) is 19.1. The molecule has 0 aromatic heterocycles. The zero-order valence-electron chi connectivity index (χ0n) is 13.4. The number of aryl methyl sites for hydroxylation is 1. The standard InChI is InChI=1S/C17H12BrNO4S3/c1-10-2-5-12(6-3-10)26(21,22)23-14-7-4-11(8-13(14)18)9-15-16(20)19-17(24)25-15/h2-9H,1H3,(H,19,20,24). The largest absolute Gasteiger partial charge is 0.378 e. The van der Waals surface area contributed by atoms with Gasteiger partial charge < -0.3 is 9.50 Å². The summed E-state index contributed by atoms with van der Waals surface area (Å²) in [4.78, 5) is 12.3. The van der Waals surface area contributed by atoms with Crippen molar-refractivity contribution >= 4 is 66.3 Å². The molecule has 0 bridgehead atoms. The normalized spacial score (nSPS) is 16.0. The van der Waals surface area contributed by atoms with Crippen LogP contribution in [0.25, 0.3) is 6.08 Å². The number of hydrogen-bond donors (Lipinski definition) is 1. The van der Waals surface area contributed by atoms with E-state index >= 15 is 0 Å². The summed E-state index contributed by atoms with van der Waals surface area (Å²) in [5.41, 5.74) is 1.66. The van der Waals surface area contributed by atoms with Gasteiger partial charge in [-0.1, -0.05) is 47.7 Å². The molecule has 1 aliphatic rings. The molecule has 9 heteroatoms. The topological polar surface area (TPSA) is 72.5 Å². The van der Waals surface area contributed by atoms with E-state index in [4.69, 9.17) is 16.4 Å². The number of thiocarbonyl (C=S) groups is 1. The van der Waals surface area contributed by atoms with E-state index in [1.54, 1.807) is 30.3 Å². The van der Waals surface area contributed by atoms with Gasteiger partial charge in [-0.25, -0.2) is 0 Å². The Morgan fingerprint density at radius 3 is 2.46 bits per heavy atom. The molecule has 0 unspecified atom stereocenters. The molecule has 1 fully saturated rings. The molecule has 3 rings (SSSR count). The third-order valence-electron chi connectivity index (χ3n) is 3.40. The fourth-order valence-electron chi connectivity index (χ4n) is 2.12. The number of hydrogen-bond acceptors (Lipinski definition) is 6. The maximum Gasteiger partial charge on any atom is 0.339 e. The first-order chi connectivity index (χ1) is 12.2. The molecule has 1 aliphatic heterocycles. The Kier molecular flexibility index (Phi) is 5.52. The highest BCUT2D eigenvalue weighted by molar-refractivity contribution is 9.10. The van der Waals surface area contributed by atoms with Gasteiger partial charge in [-0.3, -0.25) is 4.79 Å². The molecule has 0 aliphatic carbocycles. The summed E-state index contributed by atoms with van der Waals surface area (Å²) in [6, 6.07) is 11.3. The van der Waals surface area contributed by atoms with Crippen LogP contribution in [0.3, 0.4) is 0 Å². The number of carbonyl (C=O) groups excluding carboxylic acids is 1. The maximum absolute atomic E-state index is 12.4. The highest BCUT2D eigenvalue weighted by atomic mass is 79.9. The van der Waals surface area contributed by atoms with Crippen LogP contribution < -0.4 is 9.50 Å². The van der Waals surface area contributed by atoms with Crippen LogP contribution in [-0.4, -0.2) is 18.6 Å². The number of benzene rings is 2. The smallest absolute Gasteiger partial charge is 0.339 e. The summed E-state index contributed by atoms with van der Waals surface area (Å²) >= 11 is 9.43. The van der Waals surface area contributed by atoms with Gasteiger partial charge in [-0.15, -0.1) is 0 Å². The van der Waals surface area contributed by atoms with Crippen LogP contribution in [0, 0.1) is 6.92 Å². The highest BCUT2D eigenvalue weighted by Crippen LogP contribution is 2.31. The molecule has 1 amide bonds. The zero-order valence-corrected chi connectivity index (χ0v) is 17.4. The van der Waals surface area contributed by atoms with Gasteiger partial charge in [0, 0.05) is 0 Å². The van der Waals surface area contributed by atoms with E-state index in [9.17, 15) is 13.2 Å². The van der Waals surface area contributed by atoms with Gasteiger partial charge in [-0.2, -0.15) is 8.42 Å². The van der Waals surface area contributed by atoms with Crippen molar-refractivity contribution in [1.29, 1.82) is 0 Å². The summed E-state index contributed by atoms with van der Waals surface area (Å²) in [5.74, 6) is -0.0924. The van der Waals surface area contributed by atoms with Crippen LogP contribution >= 0.6 is 39.9 Å². The Balaban J connectivity index is 1.84. The monoisotopic (exact) mass is 469 g/mol. The van der Waals surface area contributed by atoms with Crippen molar-refractivity contribution in [2.24, 2.45) is 0 Å². The zero-order chi connectivity index (χ0) is 18.9. The molecule has 2 aromatic rings. The van der Waals surface area contributed by atoms with Crippen LogP contribution in [0.4, 0.5) is 0 Å². The van der Waals surface area contributed by atoms with Crippen molar-refractivity contribution in [2.45, 2.75) is 11.8 Å². The number of amides is 1. The number of halogens is 1. The van der Waals surface area contributed by atoms with Crippen molar-refractivity contribution in [3.05, 3.63) is 63.0 Å². The molecule has 0 saturated carbocycles. The molecule has 1 saturated heterocycles. The van der Waals surface area contributed by atoms with Crippen molar-refractivity contribution < 1.29 is 17.4 Å². The average molecular weight is 470 g/mol. The van der Waals surface area contributed by atoms with Gasteiger partial charge >= 0.3 is 10.1 Å². The second kappa shape index (κ2) is 7.51. The van der Waals surface area contributed by atoms with Crippen molar-refractivity contribution in [2.75, 3.05) is 0 Å². The Hall–Kier alpha value is -1.68. The van der Waals surface area contributed by atoms with Crippen LogP contribution in [0.5, 0.6) is 5.75 Å². The molecule has 26 heavy (non-hydrogen) atoms. The Morgan fingerprint density at radius 2 is 1.88 bits per heavy atom. The second-order valence-electron chi connectivity index (χ2n) is 5.39. The van der Waals surface area contributed by atoms with Gasteiger partial charge in [0.15, 0.2) is 5.75 Å². The predicted octanol–water partition coefficient (Wildman–Crippen LogP) is 4.01. The molecule has 134 valence electrons. The third kappa shape index (κ3) is 4.35. The van der Waals surface area contributed by atoms with Crippen LogP contribution in [0.2, 0.25) is 0 Å². The minimum Gasteiger partial charge on any atom is -0.378 e. The van der Waals surface area contributed by atoms with Gasteiger partial charge in [-0.05, 0) is 58.8 Å². The fraction of sp³-hybridized carbons (Fsp3) is 0.0588. The van der Waals surface area contributed by atoms with E-state index in [-0.39, 0.29) is 16.6 Å². The summed E-state index contributed by atoms with van der Waals surface area (Å²) in [5, 5.41) is 2.54. The number of thioether (sulfide) groups is 1. The summed E-state index contributed by atoms with van der Waals surface area (Å²) in [6.45, 7) is 1.87. The number of nitrogens with one attached hydrogen (secondary N) is 1. The van der Waals surface area contributed by atoms with E-state index in [0.29, 0.717) is 19.3 Å². The lowest BCUT2D eigenvalue weighted by atomic mass is 10.2. The highest BCUT2D eigenvalue weighted by Gasteiger charge is 2.22. The van der Waals surface area contributed by atoms with Crippen LogP contribution in [0.1, 0.15) is 11.1 Å². The number of carbonyl (C=O) groups is 1. The molecule has 0 radical (unpaired) electrons. The summed E-state index contributed by atoms with van der Waals surface area (Å²) in [6.07, 6.45) is 1.67. The third-order valence-corrected chi connectivity index (χ3v) is 6.44. The van der Waals surface area contributed by atoms with E-state index in [1.165, 1.54) is 30.0 Å². The molecular weight excluding hydrogens is 458 g/mol. The maximum atomic E-state index is 12.4. The fourth-order valence-corrected chi connectivity index (χ4v) is 4.69. The minimum atomic E-state index is -3.93. The van der Waals surface area contributed by atoms with Crippen LogP contribution in [-0.2, 0) is 14.9 Å². The molecule has 1 heterocycles. The first-order valence-corrected chi connectivity index (χ1v) is 10.7. The van der Waals surface area contributed by atoms with E-state index < -0.39 is 10.1 Å². The van der Waals surface area contributed by atoms with Gasteiger partial charge in [0.25, 0.3) is 5.91 Å². The van der Waals surface area contributed by atoms with E-state index in [2.05, 4.69) is 21.2 Å². The molecular formula is C17H12BrNO4S3. The van der Waals surface area contributed by atoms with E-state index in [0.717, 1.165) is 5.56 Å². The lowest BCUT2D eigenvalue weighted by molar-refractivity contribution is -0.115.